The summed E-state index contributed by atoms with van der Waals surface area (Å²) < 4.78 is 37.6. The highest BCUT2D eigenvalue weighted by molar-refractivity contribution is 7.99. The van der Waals surface area contributed by atoms with Crippen LogP contribution in [0.15, 0.2) is 41.7 Å². The molecule has 4 nitrogen and oxygen atoms in total. The Morgan fingerprint density at radius 3 is 2.68 bits per heavy atom. The van der Waals surface area contributed by atoms with E-state index in [9.17, 15) is 18.0 Å². The lowest BCUT2D eigenvalue weighted by Gasteiger charge is -2.08. The number of carbonyl (C=O) groups is 1. The molecule has 1 heterocycles. The molecule has 22 heavy (non-hydrogen) atoms. The van der Waals surface area contributed by atoms with Gasteiger partial charge in [0.15, 0.2) is 5.16 Å². The lowest BCUT2D eigenvalue weighted by Crippen LogP contribution is -2.15. The van der Waals surface area contributed by atoms with E-state index in [1.807, 2.05) is 19.1 Å². The molecule has 0 saturated heterocycles. The molecule has 2 rings (SSSR count). The molecule has 0 radical (unpaired) electrons. The highest BCUT2D eigenvalue weighted by Crippen LogP contribution is 2.28. The molecule has 116 valence electrons. The average molecular weight is 327 g/mol. The summed E-state index contributed by atoms with van der Waals surface area (Å²) in [5.74, 6) is -0.407. The molecule has 0 spiro atoms. The Bertz CT molecular complexity index is 676. The molecule has 0 atom stereocenters. The number of benzene rings is 1. The first-order valence-electron chi connectivity index (χ1n) is 6.25. The number of nitrogens with one attached hydrogen (secondary N) is 1. The first-order valence-corrected chi connectivity index (χ1v) is 7.23. The Morgan fingerprint density at radius 1 is 1.27 bits per heavy atom. The summed E-state index contributed by atoms with van der Waals surface area (Å²) in [6.07, 6.45) is -3.50. The zero-order valence-corrected chi connectivity index (χ0v) is 12.3. The van der Waals surface area contributed by atoms with Crippen molar-refractivity contribution in [2.24, 2.45) is 0 Å². The number of carbonyl (C=O) groups excluding carboxylic acids is 1. The smallest absolute Gasteiger partial charge is 0.325 e. The van der Waals surface area contributed by atoms with Gasteiger partial charge in [-0.25, -0.2) is 9.97 Å². The fourth-order valence-corrected chi connectivity index (χ4v) is 2.23. The maximum absolute atomic E-state index is 12.5. The topological polar surface area (TPSA) is 54.9 Å². The normalized spacial score (nSPS) is 11.3. The van der Waals surface area contributed by atoms with E-state index in [-0.39, 0.29) is 16.8 Å². The van der Waals surface area contributed by atoms with Crippen molar-refractivity contribution < 1.29 is 18.0 Å². The quantitative estimate of drug-likeness (QED) is 0.689. The number of rotatable bonds is 4. The minimum absolute atomic E-state index is 0.0738. The van der Waals surface area contributed by atoms with Crippen LogP contribution in [0.3, 0.4) is 0 Å². The molecule has 0 bridgehead atoms. The molecule has 2 aromatic rings. The van der Waals surface area contributed by atoms with Crippen LogP contribution < -0.4 is 5.32 Å². The van der Waals surface area contributed by atoms with E-state index >= 15 is 0 Å². The van der Waals surface area contributed by atoms with E-state index in [0.29, 0.717) is 5.69 Å². The van der Waals surface area contributed by atoms with Gasteiger partial charge in [-0.15, -0.1) is 0 Å². The number of hydrogen-bond acceptors (Lipinski definition) is 4. The molecule has 8 heteroatoms. The molecule has 0 saturated carbocycles. The SMILES string of the molecule is Cc1ccccc1NC(=O)CSc1nccc(C(F)(F)F)n1. The standard InChI is InChI=1S/C14H12F3N3OS/c1-9-4-2-3-5-10(9)19-12(21)8-22-13-18-7-6-11(20-13)14(15,16)17/h2-7H,8H2,1H3,(H,19,21). The van der Waals surface area contributed by atoms with Gasteiger partial charge in [-0.2, -0.15) is 13.2 Å². The second kappa shape index (κ2) is 6.78. The summed E-state index contributed by atoms with van der Waals surface area (Å²) >= 11 is 0.850. The summed E-state index contributed by atoms with van der Waals surface area (Å²) in [6.45, 7) is 1.85. The number of thioether (sulfide) groups is 1. The van der Waals surface area contributed by atoms with Crippen molar-refractivity contribution in [1.29, 1.82) is 0 Å². The van der Waals surface area contributed by atoms with Crippen molar-refractivity contribution in [1.82, 2.24) is 9.97 Å². The second-order valence-corrected chi connectivity index (χ2v) is 5.32. The minimum Gasteiger partial charge on any atom is -0.325 e. The van der Waals surface area contributed by atoms with E-state index in [1.54, 1.807) is 12.1 Å². The van der Waals surface area contributed by atoms with Crippen LogP contribution in [0.25, 0.3) is 0 Å². The number of aromatic nitrogens is 2. The number of aryl methyl sites for hydroxylation is 1. The monoisotopic (exact) mass is 327 g/mol. The van der Waals surface area contributed by atoms with Crippen molar-refractivity contribution >= 4 is 23.4 Å². The van der Waals surface area contributed by atoms with Crippen LogP contribution in [0.2, 0.25) is 0 Å². The van der Waals surface area contributed by atoms with Crippen LogP contribution in [0.5, 0.6) is 0 Å². The van der Waals surface area contributed by atoms with Crippen LogP contribution in [-0.4, -0.2) is 21.6 Å². The zero-order valence-electron chi connectivity index (χ0n) is 11.5. The predicted octanol–water partition coefficient (Wildman–Crippen LogP) is 3.53. The third kappa shape index (κ3) is 4.45. The van der Waals surface area contributed by atoms with Crippen molar-refractivity contribution in [3.05, 3.63) is 47.8 Å². The third-order valence-electron chi connectivity index (χ3n) is 2.68. The fraction of sp³-hybridized carbons (Fsp3) is 0.214. The van der Waals surface area contributed by atoms with Crippen molar-refractivity contribution in [2.75, 3.05) is 11.1 Å². The lowest BCUT2D eigenvalue weighted by molar-refractivity contribution is -0.141. The van der Waals surface area contributed by atoms with Crippen molar-refractivity contribution in [3.63, 3.8) is 0 Å². The molecule has 0 aliphatic rings. The number of hydrogen-bond donors (Lipinski definition) is 1. The van der Waals surface area contributed by atoms with Crippen LogP contribution >= 0.6 is 11.8 Å². The lowest BCUT2D eigenvalue weighted by atomic mass is 10.2. The number of para-hydroxylation sites is 1. The van der Waals surface area contributed by atoms with Crippen LogP contribution in [0.4, 0.5) is 18.9 Å². The summed E-state index contributed by atoms with van der Waals surface area (Å²) in [5, 5.41) is 2.60. The minimum atomic E-state index is -4.53. The Balaban J connectivity index is 1.96. The predicted molar refractivity (Wildman–Crippen MR) is 77.6 cm³/mol. The van der Waals surface area contributed by atoms with E-state index in [2.05, 4.69) is 15.3 Å². The summed E-state index contributed by atoms with van der Waals surface area (Å²) in [4.78, 5) is 18.9. The molecule has 1 amide bonds. The van der Waals surface area contributed by atoms with Crippen LogP contribution in [-0.2, 0) is 11.0 Å². The first-order chi connectivity index (χ1) is 10.4. The van der Waals surface area contributed by atoms with Crippen LogP contribution in [0, 0.1) is 6.92 Å². The molecule has 0 aliphatic carbocycles. The Labute approximate surface area is 129 Å². The van der Waals surface area contributed by atoms with Crippen molar-refractivity contribution in [2.45, 2.75) is 18.3 Å². The van der Waals surface area contributed by atoms with Gasteiger partial charge < -0.3 is 5.32 Å². The van der Waals surface area contributed by atoms with E-state index in [4.69, 9.17) is 0 Å². The number of amides is 1. The Kier molecular flexibility index (Phi) is 5.02. The Morgan fingerprint density at radius 2 is 2.00 bits per heavy atom. The average Bonchev–Trinajstić information content (AvgIpc) is 2.47. The highest BCUT2D eigenvalue weighted by Gasteiger charge is 2.32. The summed E-state index contributed by atoms with van der Waals surface area (Å²) in [5.41, 5.74) is 0.540. The largest absolute Gasteiger partial charge is 0.433 e. The molecular weight excluding hydrogens is 315 g/mol. The second-order valence-electron chi connectivity index (χ2n) is 4.37. The van der Waals surface area contributed by atoms with Gasteiger partial charge >= 0.3 is 6.18 Å². The molecular formula is C14H12F3N3OS. The number of anilines is 1. The van der Waals surface area contributed by atoms with Gasteiger partial charge in [0, 0.05) is 11.9 Å². The third-order valence-corrected chi connectivity index (χ3v) is 3.54. The van der Waals surface area contributed by atoms with Gasteiger partial charge in [-0.05, 0) is 24.6 Å². The number of alkyl halides is 3. The van der Waals surface area contributed by atoms with Crippen molar-refractivity contribution in [3.8, 4) is 0 Å². The molecule has 0 unspecified atom stereocenters. The maximum Gasteiger partial charge on any atom is 0.433 e. The van der Waals surface area contributed by atoms with Gasteiger partial charge in [0.1, 0.15) is 5.69 Å². The van der Waals surface area contributed by atoms with Gasteiger partial charge in [0.25, 0.3) is 0 Å². The molecule has 1 aromatic carbocycles. The summed E-state index contributed by atoms with van der Waals surface area (Å²) in [7, 11) is 0. The zero-order chi connectivity index (χ0) is 16.2. The van der Waals surface area contributed by atoms with E-state index in [0.717, 1.165) is 29.6 Å². The first kappa shape index (κ1) is 16.3. The fourth-order valence-electron chi connectivity index (χ4n) is 1.60. The molecule has 1 N–H and O–H groups in total. The van der Waals surface area contributed by atoms with Gasteiger partial charge in [-0.3, -0.25) is 4.79 Å². The molecule has 0 aliphatic heterocycles. The molecule has 0 fully saturated rings. The number of halogens is 3. The van der Waals surface area contributed by atoms with E-state index in [1.165, 1.54) is 0 Å². The van der Waals surface area contributed by atoms with Gasteiger partial charge in [0.2, 0.25) is 5.91 Å². The maximum atomic E-state index is 12.5. The summed E-state index contributed by atoms with van der Waals surface area (Å²) in [6, 6.07) is 8.01. The van der Waals surface area contributed by atoms with E-state index < -0.39 is 11.9 Å². The highest BCUT2D eigenvalue weighted by atomic mass is 32.2. The van der Waals surface area contributed by atoms with Gasteiger partial charge in [0.05, 0.1) is 5.75 Å². The molecule has 1 aromatic heterocycles. The Hall–Kier alpha value is -2.09. The van der Waals surface area contributed by atoms with Gasteiger partial charge in [-0.1, -0.05) is 30.0 Å². The van der Waals surface area contributed by atoms with Crippen LogP contribution in [0.1, 0.15) is 11.3 Å². The number of nitrogens with zero attached hydrogens (tertiary/aromatic N) is 2.